The van der Waals surface area contributed by atoms with Crippen LogP contribution in [0.4, 0.5) is 0 Å². The largest absolute Gasteiger partial charge is 0.396 e. The van der Waals surface area contributed by atoms with Gasteiger partial charge >= 0.3 is 0 Å². The average molecular weight is 242 g/mol. The first-order valence-corrected chi connectivity index (χ1v) is 6.78. The van der Waals surface area contributed by atoms with Gasteiger partial charge in [-0.25, -0.2) is 0 Å². The fraction of sp³-hybridized carbons (Fsp3) is 0.923. The first kappa shape index (κ1) is 14.5. The second kappa shape index (κ2) is 7.67. The SMILES string of the molecule is CC(CCO)CNC(C)C(=O)N1CCCCC1. The number of aliphatic hydroxyl groups is 1. The molecule has 2 unspecified atom stereocenters. The smallest absolute Gasteiger partial charge is 0.239 e. The molecule has 1 amide bonds. The van der Waals surface area contributed by atoms with Gasteiger partial charge in [0.25, 0.3) is 0 Å². The van der Waals surface area contributed by atoms with Crippen LogP contribution in [-0.4, -0.2) is 48.2 Å². The molecule has 0 aromatic heterocycles. The second-order valence-corrected chi connectivity index (χ2v) is 5.13. The van der Waals surface area contributed by atoms with E-state index in [9.17, 15) is 4.79 Å². The third kappa shape index (κ3) is 5.04. The quantitative estimate of drug-likeness (QED) is 0.730. The third-order valence-electron chi connectivity index (χ3n) is 3.43. The molecule has 0 aromatic rings. The summed E-state index contributed by atoms with van der Waals surface area (Å²) in [4.78, 5) is 14.1. The molecule has 100 valence electrons. The van der Waals surface area contributed by atoms with E-state index in [-0.39, 0.29) is 18.6 Å². The van der Waals surface area contributed by atoms with Crippen LogP contribution in [0.25, 0.3) is 0 Å². The molecule has 1 heterocycles. The molecule has 1 fully saturated rings. The molecule has 2 atom stereocenters. The first-order valence-electron chi connectivity index (χ1n) is 6.78. The number of carbonyl (C=O) groups excluding carboxylic acids is 1. The van der Waals surface area contributed by atoms with E-state index in [1.807, 2.05) is 11.8 Å². The fourth-order valence-corrected chi connectivity index (χ4v) is 2.18. The Balaban J connectivity index is 2.25. The first-order chi connectivity index (χ1) is 8.15. The van der Waals surface area contributed by atoms with E-state index in [1.54, 1.807) is 0 Å². The maximum absolute atomic E-state index is 12.1. The number of rotatable bonds is 6. The van der Waals surface area contributed by atoms with Crippen molar-refractivity contribution >= 4 is 5.91 Å². The molecule has 4 nitrogen and oxygen atoms in total. The van der Waals surface area contributed by atoms with E-state index in [0.717, 1.165) is 38.9 Å². The molecule has 0 aliphatic carbocycles. The lowest BCUT2D eigenvalue weighted by Crippen LogP contribution is -2.47. The van der Waals surface area contributed by atoms with Crippen LogP contribution in [0, 0.1) is 5.92 Å². The summed E-state index contributed by atoms with van der Waals surface area (Å²) in [6, 6.07) is -0.103. The van der Waals surface area contributed by atoms with Crippen LogP contribution in [0.1, 0.15) is 39.5 Å². The van der Waals surface area contributed by atoms with Gasteiger partial charge in [0.15, 0.2) is 0 Å². The van der Waals surface area contributed by atoms with Crippen molar-refractivity contribution in [3.63, 3.8) is 0 Å². The Morgan fingerprint density at radius 1 is 1.29 bits per heavy atom. The highest BCUT2D eigenvalue weighted by atomic mass is 16.3. The number of amides is 1. The van der Waals surface area contributed by atoms with Crippen molar-refractivity contribution in [3.05, 3.63) is 0 Å². The summed E-state index contributed by atoms with van der Waals surface area (Å²) in [6.45, 7) is 6.86. The standard InChI is InChI=1S/C13H26N2O2/c1-11(6-9-16)10-14-12(2)13(17)15-7-4-3-5-8-15/h11-12,14,16H,3-10H2,1-2H3. The Morgan fingerprint density at radius 3 is 2.53 bits per heavy atom. The van der Waals surface area contributed by atoms with Gasteiger partial charge in [0.2, 0.25) is 5.91 Å². The van der Waals surface area contributed by atoms with Crippen LogP contribution in [0.3, 0.4) is 0 Å². The molecule has 1 aliphatic rings. The predicted octanol–water partition coefficient (Wildman–Crippen LogP) is 0.995. The van der Waals surface area contributed by atoms with Gasteiger partial charge in [0.05, 0.1) is 6.04 Å². The lowest BCUT2D eigenvalue weighted by Gasteiger charge is -2.30. The van der Waals surface area contributed by atoms with E-state index in [4.69, 9.17) is 5.11 Å². The number of hydrogen-bond donors (Lipinski definition) is 2. The number of aliphatic hydroxyl groups excluding tert-OH is 1. The molecule has 2 N–H and O–H groups in total. The van der Waals surface area contributed by atoms with Gasteiger partial charge in [-0.1, -0.05) is 6.92 Å². The van der Waals surface area contributed by atoms with Crippen molar-refractivity contribution in [2.24, 2.45) is 5.92 Å². The van der Waals surface area contributed by atoms with Gasteiger partial charge in [-0.15, -0.1) is 0 Å². The summed E-state index contributed by atoms with van der Waals surface area (Å²) in [5, 5.41) is 12.1. The summed E-state index contributed by atoms with van der Waals surface area (Å²) < 4.78 is 0. The van der Waals surface area contributed by atoms with E-state index in [2.05, 4.69) is 12.2 Å². The Morgan fingerprint density at radius 2 is 1.94 bits per heavy atom. The lowest BCUT2D eigenvalue weighted by molar-refractivity contribution is -0.133. The van der Waals surface area contributed by atoms with Crippen LogP contribution >= 0.6 is 0 Å². The fourth-order valence-electron chi connectivity index (χ4n) is 2.18. The van der Waals surface area contributed by atoms with Crippen LogP contribution in [0.15, 0.2) is 0 Å². The minimum Gasteiger partial charge on any atom is -0.396 e. The molecule has 0 spiro atoms. The molecule has 0 radical (unpaired) electrons. The third-order valence-corrected chi connectivity index (χ3v) is 3.43. The second-order valence-electron chi connectivity index (χ2n) is 5.13. The summed E-state index contributed by atoms with van der Waals surface area (Å²) in [5.41, 5.74) is 0. The Kier molecular flexibility index (Phi) is 6.52. The molecular weight excluding hydrogens is 216 g/mol. The van der Waals surface area contributed by atoms with Crippen molar-refractivity contribution in [3.8, 4) is 0 Å². The summed E-state index contributed by atoms with van der Waals surface area (Å²) in [7, 11) is 0. The summed E-state index contributed by atoms with van der Waals surface area (Å²) in [6.07, 6.45) is 4.31. The Bertz CT molecular complexity index is 227. The number of nitrogens with one attached hydrogen (secondary N) is 1. The van der Waals surface area contributed by atoms with Gasteiger partial charge in [-0.05, 0) is 45.1 Å². The van der Waals surface area contributed by atoms with E-state index in [0.29, 0.717) is 5.92 Å². The summed E-state index contributed by atoms with van der Waals surface area (Å²) in [5.74, 6) is 0.637. The minimum absolute atomic E-state index is 0.103. The topological polar surface area (TPSA) is 52.6 Å². The van der Waals surface area contributed by atoms with Crippen molar-refractivity contribution in [2.45, 2.75) is 45.6 Å². The van der Waals surface area contributed by atoms with Crippen molar-refractivity contribution in [1.29, 1.82) is 0 Å². The zero-order valence-corrected chi connectivity index (χ0v) is 11.1. The van der Waals surface area contributed by atoms with E-state index < -0.39 is 0 Å². The van der Waals surface area contributed by atoms with Crippen LogP contribution in [0.5, 0.6) is 0 Å². The Labute approximate surface area is 104 Å². The lowest BCUT2D eigenvalue weighted by atomic mass is 10.1. The molecule has 0 saturated carbocycles. The van der Waals surface area contributed by atoms with Gasteiger partial charge in [0, 0.05) is 19.7 Å². The van der Waals surface area contributed by atoms with Gasteiger partial charge in [0.1, 0.15) is 0 Å². The van der Waals surface area contributed by atoms with E-state index >= 15 is 0 Å². The molecular formula is C13H26N2O2. The highest BCUT2D eigenvalue weighted by Crippen LogP contribution is 2.10. The number of piperidine rings is 1. The molecule has 1 aliphatic heterocycles. The molecule has 1 saturated heterocycles. The highest BCUT2D eigenvalue weighted by Gasteiger charge is 2.21. The zero-order valence-electron chi connectivity index (χ0n) is 11.1. The van der Waals surface area contributed by atoms with Crippen molar-refractivity contribution in [1.82, 2.24) is 10.2 Å². The number of likely N-dealkylation sites (tertiary alicyclic amines) is 1. The maximum atomic E-state index is 12.1. The molecule has 1 rings (SSSR count). The molecule has 0 aromatic carbocycles. The van der Waals surface area contributed by atoms with Crippen molar-refractivity contribution in [2.75, 3.05) is 26.2 Å². The normalized spacial score (nSPS) is 20.1. The summed E-state index contributed by atoms with van der Waals surface area (Å²) >= 11 is 0. The maximum Gasteiger partial charge on any atom is 0.239 e. The van der Waals surface area contributed by atoms with Gasteiger partial charge < -0.3 is 15.3 Å². The van der Waals surface area contributed by atoms with E-state index in [1.165, 1.54) is 6.42 Å². The minimum atomic E-state index is -0.103. The molecule has 0 bridgehead atoms. The van der Waals surface area contributed by atoms with Gasteiger partial charge in [-0.2, -0.15) is 0 Å². The Hall–Kier alpha value is -0.610. The van der Waals surface area contributed by atoms with Gasteiger partial charge in [-0.3, -0.25) is 4.79 Å². The predicted molar refractivity (Wildman–Crippen MR) is 68.8 cm³/mol. The van der Waals surface area contributed by atoms with Crippen LogP contribution in [0.2, 0.25) is 0 Å². The number of hydrogen-bond acceptors (Lipinski definition) is 3. The number of nitrogens with zero attached hydrogens (tertiary/aromatic N) is 1. The van der Waals surface area contributed by atoms with Crippen LogP contribution < -0.4 is 5.32 Å². The highest BCUT2D eigenvalue weighted by molar-refractivity contribution is 5.81. The monoisotopic (exact) mass is 242 g/mol. The number of carbonyl (C=O) groups is 1. The zero-order chi connectivity index (χ0) is 12.7. The molecule has 17 heavy (non-hydrogen) atoms. The van der Waals surface area contributed by atoms with Crippen molar-refractivity contribution < 1.29 is 9.90 Å². The molecule has 4 heteroatoms. The average Bonchev–Trinajstić information content (AvgIpc) is 2.36. The van der Waals surface area contributed by atoms with Crippen LogP contribution in [-0.2, 0) is 4.79 Å².